The van der Waals surface area contributed by atoms with Crippen molar-refractivity contribution in [2.24, 2.45) is 5.92 Å². The van der Waals surface area contributed by atoms with Crippen LogP contribution in [0.5, 0.6) is 5.75 Å². The third kappa shape index (κ3) is 4.07. The number of benzene rings is 2. The molecule has 1 heterocycles. The van der Waals surface area contributed by atoms with Crippen molar-refractivity contribution >= 4 is 41.1 Å². The first-order valence-electron chi connectivity index (χ1n) is 9.14. The molecule has 1 saturated heterocycles. The van der Waals surface area contributed by atoms with E-state index in [0.717, 1.165) is 16.2 Å². The fraction of sp³-hybridized carbons (Fsp3) is 0.182. The van der Waals surface area contributed by atoms with Crippen molar-refractivity contribution in [3.63, 3.8) is 0 Å². The Morgan fingerprint density at radius 3 is 2.37 bits per heavy atom. The Morgan fingerprint density at radius 2 is 1.73 bits per heavy atom. The fourth-order valence-electron chi connectivity index (χ4n) is 3.03. The average Bonchev–Trinajstić information content (AvgIpc) is 2.72. The number of ether oxygens (including phenoxy) is 1. The number of hydrogen-bond donors (Lipinski definition) is 1. The van der Waals surface area contributed by atoms with Gasteiger partial charge in [0.05, 0.1) is 12.8 Å². The van der Waals surface area contributed by atoms with Gasteiger partial charge in [-0.2, -0.15) is 0 Å². The van der Waals surface area contributed by atoms with Crippen LogP contribution in [0.1, 0.15) is 5.56 Å². The second-order valence-corrected chi connectivity index (χ2v) is 6.79. The first-order valence-corrected chi connectivity index (χ1v) is 9.14. The molecule has 0 aliphatic carbocycles. The molecule has 2 aromatic rings. The van der Waals surface area contributed by atoms with Gasteiger partial charge in [-0.1, -0.05) is 30.3 Å². The molecule has 0 bridgehead atoms. The van der Waals surface area contributed by atoms with Gasteiger partial charge in [-0.25, -0.2) is 9.69 Å². The van der Waals surface area contributed by atoms with Gasteiger partial charge in [-0.05, 0) is 35.9 Å². The Balaban J connectivity index is 1.85. The number of carbonyl (C=O) groups excluding carboxylic acids is 4. The third-order valence-corrected chi connectivity index (χ3v) is 4.62. The van der Waals surface area contributed by atoms with E-state index in [0.29, 0.717) is 0 Å². The van der Waals surface area contributed by atoms with Gasteiger partial charge in [0.2, 0.25) is 5.91 Å². The van der Waals surface area contributed by atoms with Crippen molar-refractivity contribution in [2.45, 2.75) is 0 Å². The van der Waals surface area contributed by atoms with Crippen molar-refractivity contribution in [2.75, 3.05) is 31.0 Å². The molecule has 0 saturated carbocycles. The van der Waals surface area contributed by atoms with Crippen LogP contribution in [0.25, 0.3) is 6.08 Å². The summed E-state index contributed by atoms with van der Waals surface area (Å²) in [6, 6.07) is 12.8. The number of nitrogens with zero attached hydrogens (tertiary/aromatic N) is 2. The SMILES string of the molecule is COc1ccccc1N1C(=O)NC(=O)C(C(=O)/C=C/c2ccc(N(C)C)cc2)C1=O. The molecule has 2 aromatic carbocycles. The van der Waals surface area contributed by atoms with Crippen molar-refractivity contribution < 1.29 is 23.9 Å². The summed E-state index contributed by atoms with van der Waals surface area (Å²) < 4.78 is 5.19. The highest BCUT2D eigenvalue weighted by Crippen LogP contribution is 2.30. The molecule has 8 nitrogen and oxygen atoms in total. The van der Waals surface area contributed by atoms with Crippen molar-refractivity contribution in [3.8, 4) is 5.75 Å². The Kier molecular flexibility index (Phi) is 5.96. The van der Waals surface area contributed by atoms with Crippen LogP contribution in [0.4, 0.5) is 16.2 Å². The predicted octanol–water partition coefficient (Wildman–Crippen LogP) is 2.24. The van der Waals surface area contributed by atoms with Crippen LogP contribution in [-0.4, -0.2) is 44.8 Å². The second kappa shape index (κ2) is 8.60. The molecule has 1 fully saturated rings. The van der Waals surface area contributed by atoms with E-state index in [1.54, 1.807) is 18.2 Å². The normalized spacial score (nSPS) is 16.6. The van der Waals surface area contributed by atoms with E-state index in [1.165, 1.54) is 25.3 Å². The summed E-state index contributed by atoms with van der Waals surface area (Å²) in [6.45, 7) is 0. The minimum Gasteiger partial charge on any atom is -0.495 e. The van der Waals surface area contributed by atoms with Crippen molar-refractivity contribution in [3.05, 3.63) is 60.2 Å². The first kappa shape index (κ1) is 20.8. The number of hydrogen-bond acceptors (Lipinski definition) is 6. The molecule has 4 amide bonds. The predicted molar refractivity (Wildman–Crippen MR) is 112 cm³/mol. The lowest BCUT2D eigenvalue weighted by atomic mass is 9.98. The maximum absolute atomic E-state index is 12.9. The molecule has 3 rings (SSSR count). The van der Waals surface area contributed by atoms with Crippen molar-refractivity contribution in [1.29, 1.82) is 0 Å². The Morgan fingerprint density at radius 1 is 1.07 bits per heavy atom. The number of methoxy groups -OCH3 is 1. The largest absolute Gasteiger partial charge is 0.495 e. The summed E-state index contributed by atoms with van der Waals surface area (Å²) in [5.41, 5.74) is 1.87. The van der Waals surface area contributed by atoms with Gasteiger partial charge >= 0.3 is 6.03 Å². The molecule has 1 aliphatic heterocycles. The number of anilines is 2. The minimum absolute atomic E-state index is 0.149. The van der Waals surface area contributed by atoms with Crippen LogP contribution < -0.4 is 19.9 Å². The summed E-state index contributed by atoms with van der Waals surface area (Å²) in [5.74, 6) is -4.00. The smallest absolute Gasteiger partial charge is 0.335 e. The molecule has 0 aromatic heterocycles. The van der Waals surface area contributed by atoms with E-state index in [-0.39, 0.29) is 11.4 Å². The standard InChI is InChI=1S/C22H21N3O5/c1-24(2)15-11-8-14(9-12-15)10-13-17(26)19-20(27)23-22(29)25(21(19)28)16-6-4-5-7-18(16)30-3/h4-13,19H,1-3H3,(H,23,27,29)/b13-10+. The van der Waals surface area contributed by atoms with E-state index < -0.39 is 29.5 Å². The topological polar surface area (TPSA) is 96.0 Å². The summed E-state index contributed by atoms with van der Waals surface area (Å²) in [7, 11) is 5.22. The number of rotatable bonds is 6. The fourth-order valence-corrected chi connectivity index (χ4v) is 3.03. The second-order valence-electron chi connectivity index (χ2n) is 6.79. The number of amides is 4. The van der Waals surface area contributed by atoms with Crippen LogP contribution in [0.2, 0.25) is 0 Å². The van der Waals surface area contributed by atoms with Crippen molar-refractivity contribution in [1.82, 2.24) is 5.32 Å². The molecule has 154 valence electrons. The quantitative estimate of drug-likeness (QED) is 0.583. The number of carbonyl (C=O) groups is 4. The molecule has 8 heteroatoms. The Bertz CT molecular complexity index is 1030. The first-order chi connectivity index (χ1) is 14.3. The summed E-state index contributed by atoms with van der Waals surface area (Å²) >= 11 is 0. The number of ketones is 1. The Hall–Kier alpha value is -3.94. The van der Waals surface area contributed by atoms with E-state index >= 15 is 0 Å². The van der Waals surface area contributed by atoms with Gasteiger partial charge in [0, 0.05) is 19.8 Å². The zero-order chi connectivity index (χ0) is 21.8. The van der Waals surface area contributed by atoms with E-state index in [9.17, 15) is 19.2 Å². The van der Waals surface area contributed by atoms with Gasteiger partial charge in [0.15, 0.2) is 11.7 Å². The van der Waals surface area contributed by atoms with Crippen LogP contribution in [0, 0.1) is 5.92 Å². The molecule has 0 radical (unpaired) electrons. The maximum atomic E-state index is 12.9. The number of para-hydroxylation sites is 2. The number of barbiturate groups is 1. The number of allylic oxidation sites excluding steroid dienone is 1. The van der Waals surface area contributed by atoms with Crippen LogP contribution >= 0.6 is 0 Å². The van der Waals surface area contributed by atoms with E-state index in [1.807, 2.05) is 43.3 Å². The van der Waals surface area contributed by atoms with Gasteiger partial charge in [-0.3, -0.25) is 19.7 Å². The van der Waals surface area contributed by atoms with Gasteiger partial charge in [0.1, 0.15) is 5.75 Å². The monoisotopic (exact) mass is 407 g/mol. The van der Waals surface area contributed by atoms with Gasteiger partial charge in [0.25, 0.3) is 5.91 Å². The highest BCUT2D eigenvalue weighted by Gasteiger charge is 2.45. The van der Waals surface area contributed by atoms with Gasteiger partial charge < -0.3 is 9.64 Å². The highest BCUT2D eigenvalue weighted by molar-refractivity contribution is 6.36. The molecular formula is C22H21N3O5. The van der Waals surface area contributed by atoms with Crippen LogP contribution in [0.15, 0.2) is 54.6 Å². The van der Waals surface area contributed by atoms with E-state index in [2.05, 4.69) is 5.32 Å². The lowest BCUT2D eigenvalue weighted by molar-refractivity contribution is -0.139. The molecule has 1 aliphatic rings. The highest BCUT2D eigenvalue weighted by atomic mass is 16.5. The lowest BCUT2D eigenvalue weighted by Gasteiger charge is -2.29. The molecule has 1 unspecified atom stereocenters. The number of nitrogens with one attached hydrogen (secondary N) is 1. The number of imide groups is 2. The molecule has 1 N–H and O–H groups in total. The molecule has 0 spiro atoms. The van der Waals surface area contributed by atoms with Gasteiger partial charge in [-0.15, -0.1) is 0 Å². The van der Waals surface area contributed by atoms with E-state index in [4.69, 9.17) is 4.74 Å². The molecule has 30 heavy (non-hydrogen) atoms. The third-order valence-electron chi connectivity index (χ3n) is 4.62. The molecular weight excluding hydrogens is 386 g/mol. The summed E-state index contributed by atoms with van der Waals surface area (Å²) in [5, 5.41) is 2.07. The Labute approximate surface area is 173 Å². The number of urea groups is 1. The molecule has 1 atom stereocenters. The van der Waals surface area contributed by atoms with Crippen LogP contribution in [-0.2, 0) is 14.4 Å². The van der Waals surface area contributed by atoms with Crippen LogP contribution in [0.3, 0.4) is 0 Å². The zero-order valence-electron chi connectivity index (χ0n) is 16.8. The summed E-state index contributed by atoms with van der Waals surface area (Å²) in [4.78, 5) is 52.8. The summed E-state index contributed by atoms with van der Waals surface area (Å²) in [6.07, 6.45) is 2.69. The maximum Gasteiger partial charge on any atom is 0.335 e. The zero-order valence-corrected chi connectivity index (χ0v) is 16.8. The lowest BCUT2D eigenvalue weighted by Crippen LogP contribution is -2.60. The average molecular weight is 407 g/mol. The minimum atomic E-state index is -1.66.